The second-order valence-electron chi connectivity index (χ2n) is 10.0. The zero-order valence-corrected chi connectivity index (χ0v) is 24.9. The summed E-state index contributed by atoms with van der Waals surface area (Å²) >= 11 is -7.85. The van der Waals surface area contributed by atoms with Crippen molar-refractivity contribution in [2.24, 2.45) is 0 Å². The third-order valence-electron chi connectivity index (χ3n) is 2.78. The first-order chi connectivity index (χ1) is 10.4. The molecule has 8 heteroatoms. The van der Waals surface area contributed by atoms with Crippen molar-refractivity contribution in [3.8, 4) is 0 Å². The van der Waals surface area contributed by atoms with E-state index in [1.165, 1.54) is 0 Å². The van der Waals surface area contributed by atoms with Gasteiger partial charge < -0.3 is 0 Å². The molecule has 4 nitrogen and oxygen atoms in total. The maximum atomic E-state index is 6.71. The van der Waals surface area contributed by atoms with Crippen LogP contribution in [0.1, 0.15) is 83.1 Å². The molecule has 0 saturated carbocycles. The van der Waals surface area contributed by atoms with E-state index >= 15 is 0 Å². The predicted molar refractivity (Wildman–Crippen MR) is 106 cm³/mol. The summed E-state index contributed by atoms with van der Waals surface area (Å²) in [5.41, 5.74) is 0. The molecule has 0 aromatic heterocycles. The summed E-state index contributed by atoms with van der Waals surface area (Å²) in [5.74, 6) is 0. The standard InChI is InChI=1S/C16H36As4O4/c1-13(2,3)17-21-18(14(4,5)6)23-20(16(10,11)12)24-19(22-17)15(7,8)9/h1-12H3. The average molecular weight is 592 g/mol. The zero-order valence-electron chi connectivity index (χ0n) is 17.4. The SMILES string of the molecule is CC(C)(C)[As]1O[As](C(C)(C)C)O[As](C(C)(C)C)O[As](C(C)(C)C)O1. The number of hydrogen-bond acceptors (Lipinski definition) is 4. The fourth-order valence-electron chi connectivity index (χ4n) is 1.31. The molecule has 1 heterocycles. The molecule has 0 amide bonds. The Labute approximate surface area is 171 Å². The first-order valence-electron chi connectivity index (χ1n) is 8.36. The van der Waals surface area contributed by atoms with Gasteiger partial charge in [0, 0.05) is 0 Å². The van der Waals surface area contributed by atoms with Gasteiger partial charge in [0.1, 0.15) is 0 Å². The van der Waals surface area contributed by atoms with Crippen molar-refractivity contribution in [3.63, 3.8) is 0 Å². The van der Waals surface area contributed by atoms with Gasteiger partial charge in [0.25, 0.3) is 0 Å². The summed E-state index contributed by atoms with van der Waals surface area (Å²) in [6.07, 6.45) is 0. The first kappa shape index (κ1) is 24.1. The molecule has 1 aliphatic heterocycles. The van der Waals surface area contributed by atoms with Gasteiger partial charge in [-0.25, -0.2) is 0 Å². The van der Waals surface area contributed by atoms with Gasteiger partial charge in [0.2, 0.25) is 0 Å². The van der Waals surface area contributed by atoms with Crippen molar-refractivity contribution >= 4 is 61.3 Å². The topological polar surface area (TPSA) is 36.9 Å². The second kappa shape index (κ2) is 8.21. The predicted octanol–water partition coefficient (Wildman–Crippen LogP) is 5.22. The molecule has 0 bridgehead atoms. The van der Waals surface area contributed by atoms with Gasteiger partial charge in [-0.3, -0.25) is 0 Å². The summed E-state index contributed by atoms with van der Waals surface area (Å²) in [4.78, 5) is 0. The van der Waals surface area contributed by atoms with Crippen LogP contribution in [-0.2, 0) is 10.9 Å². The van der Waals surface area contributed by atoms with Crippen LogP contribution in [0.5, 0.6) is 0 Å². The molecule has 0 radical (unpaired) electrons. The molecule has 1 saturated heterocycles. The van der Waals surface area contributed by atoms with Crippen molar-refractivity contribution in [3.05, 3.63) is 0 Å². The molecule has 24 heavy (non-hydrogen) atoms. The summed E-state index contributed by atoms with van der Waals surface area (Å²) in [5, 5.41) is 0. The van der Waals surface area contributed by atoms with Crippen molar-refractivity contribution < 1.29 is 10.9 Å². The van der Waals surface area contributed by atoms with E-state index in [1.807, 2.05) is 0 Å². The first-order valence-corrected chi connectivity index (χ1v) is 18.2. The zero-order chi connectivity index (χ0) is 19.1. The number of rotatable bonds is 0. The van der Waals surface area contributed by atoms with Gasteiger partial charge in [-0.05, 0) is 0 Å². The van der Waals surface area contributed by atoms with E-state index in [0.717, 1.165) is 0 Å². The van der Waals surface area contributed by atoms with Crippen molar-refractivity contribution in [1.29, 1.82) is 0 Å². The van der Waals surface area contributed by atoms with Crippen LogP contribution < -0.4 is 0 Å². The van der Waals surface area contributed by atoms with Crippen LogP contribution in [-0.4, -0.2) is 61.3 Å². The molecule has 0 unspecified atom stereocenters. The quantitative estimate of drug-likeness (QED) is 0.362. The Balaban J connectivity index is 3.24. The summed E-state index contributed by atoms with van der Waals surface area (Å²) < 4.78 is 27.0. The minimum absolute atomic E-state index is 0.0487. The molecule has 1 rings (SSSR count). The van der Waals surface area contributed by atoms with E-state index in [0.29, 0.717) is 0 Å². The molecule has 1 aliphatic rings. The van der Waals surface area contributed by atoms with Crippen LogP contribution in [0.25, 0.3) is 0 Å². The van der Waals surface area contributed by atoms with E-state index in [4.69, 9.17) is 10.9 Å². The van der Waals surface area contributed by atoms with E-state index < -0.39 is 61.3 Å². The Kier molecular flexibility index (Phi) is 8.25. The molecular formula is C16H36As4O4. The minimum atomic E-state index is -1.96. The molecule has 0 spiro atoms. The van der Waals surface area contributed by atoms with Crippen LogP contribution in [0.15, 0.2) is 0 Å². The van der Waals surface area contributed by atoms with Crippen LogP contribution in [0.4, 0.5) is 0 Å². The Morgan fingerprint density at radius 3 is 0.542 bits per heavy atom. The number of hydrogen-bond donors (Lipinski definition) is 0. The van der Waals surface area contributed by atoms with E-state index in [9.17, 15) is 0 Å². The van der Waals surface area contributed by atoms with E-state index in [-0.39, 0.29) is 16.8 Å². The Hall–Kier alpha value is 2.07. The summed E-state index contributed by atoms with van der Waals surface area (Å²) in [6.45, 7) is 26.8. The van der Waals surface area contributed by atoms with Gasteiger partial charge in [0.05, 0.1) is 0 Å². The van der Waals surface area contributed by atoms with Crippen molar-refractivity contribution in [2.45, 2.75) is 99.9 Å². The molecule has 0 N–H and O–H groups in total. The normalized spacial score (nSPS) is 31.5. The monoisotopic (exact) mass is 592 g/mol. The molecule has 0 atom stereocenters. The van der Waals surface area contributed by atoms with Crippen molar-refractivity contribution in [2.75, 3.05) is 0 Å². The molecule has 0 aromatic rings. The Morgan fingerprint density at radius 2 is 0.458 bits per heavy atom. The van der Waals surface area contributed by atoms with E-state index in [1.54, 1.807) is 0 Å². The average Bonchev–Trinajstić information content (AvgIpc) is 2.20. The van der Waals surface area contributed by atoms with Crippen LogP contribution in [0.3, 0.4) is 0 Å². The van der Waals surface area contributed by atoms with Gasteiger partial charge >= 0.3 is 172 Å². The van der Waals surface area contributed by atoms with E-state index in [2.05, 4.69) is 83.1 Å². The molecular weight excluding hydrogens is 556 g/mol. The van der Waals surface area contributed by atoms with Crippen LogP contribution >= 0.6 is 0 Å². The molecule has 0 aliphatic carbocycles. The van der Waals surface area contributed by atoms with Gasteiger partial charge in [-0.15, -0.1) is 0 Å². The second-order valence-corrected chi connectivity index (χ2v) is 34.1. The fraction of sp³-hybridized carbons (Fsp3) is 1.00. The Morgan fingerprint density at radius 1 is 0.333 bits per heavy atom. The van der Waals surface area contributed by atoms with Crippen molar-refractivity contribution in [1.82, 2.24) is 0 Å². The van der Waals surface area contributed by atoms with Gasteiger partial charge in [0.15, 0.2) is 0 Å². The molecule has 144 valence electrons. The fourth-order valence-corrected chi connectivity index (χ4v) is 42.1. The van der Waals surface area contributed by atoms with Gasteiger partial charge in [-0.1, -0.05) is 0 Å². The van der Waals surface area contributed by atoms with Crippen LogP contribution in [0, 0.1) is 0 Å². The molecule has 0 aromatic carbocycles. The summed E-state index contributed by atoms with van der Waals surface area (Å²) in [6, 6.07) is 0. The van der Waals surface area contributed by atoms with Crippen LogP contribution in [0.2, 0.25) is 16.8 Å². The third-order valence-corrected chi connectivity index (χ3v) is 27.4. The van der Waals surface area contributed by atoms with Gasteiger partial charge in [-0.2, -0.15) is 0 Å². The summed E-state index contributed by atoms with van der Waals surface area (Å²) in [7, 11) is 0. The third kappa shape index (κ3) is 7.24. The Bertz CT molecular complexity index is 330. The maximum absolute atomic E-state index is 6.71. The molecule has 1 fully saturated rings.